The van der Waals surface area contributed by atoms with E-state index in [0.29, 0.717) is 19.1 Å². The summed E-state index contributed by atoms with van der Waals surface area (Å²) in [6.07, 6.45) is 2.75. The molecule has 5 heteroatoms. The number of fused-ring (bicyclic) bond motifs is 1. The molecule has 2 atom stereocenters. The third kappa shape index (κ3) is 4.52. The number of aliphatic hydroxyl groups is 1. The van der Waals surface area contributed by atoms with Gasteiger partial charge in [0.1, 0.15) is 5.82 Å². The summed E-state index contributed by atoms with van der Waals surface area (Å²) in [7, 11) is 0. The number of aliphatic hydroxyl groups excluding tert-OH is 1. The SMILES string of the molecule is CCC(OCC(O)Cn1c(C2CC2)nc2ccccc21)c1ccccc1.Cl. The van der Waals surface area contributed by atoms with Gasteiger partial charge in [0.2, 0.25) is 0 Å². The maximum Gasteiger partial charge on any atom is 0.113 e. The van der Waals surface area contributed by atoms with Gasteiger partial charge in [0, 0.05) is 5.92 Å². The Bertz CT molecular complexity index is 861. The van der Waals surface area contributed by atoms with Crippen LogP contribution in [0, 0.1) is 0 Å². The second kappa shape index (κ2) is 8.87. The molecule has 0 radical (unpaired) electrons. The number of hydrogen-bond acceptors (Lipinski definition) is 3. The van der Waals surface area contributed by atoms with Crippen LogP contribution in [-0.4, -0.2) is 27.4 Å². The van der Waals surface area contributed by atoms with Gasteiger partial charge in [0.15, 0.2) is 0 Å². The number of imidazole rings is 1. The fourth-order valence-electron chi connectivity index (χ4n) is 3.55. The molecule has 0 bridgehead atoms. The number of para-hydroxylation sites is 2. The average molecular weight is 387 g/mol. The molecular weight excluding hydrogens is 360 g/mol. The van der Waals surface area contributed by atoms with Crippen molar-refractivity contribution in [1.82, 2.24) is 9.55 Å². The highest BCUT2D eigenvalue weighted by atomic mass is 35.5. The minimum atomic E-state index is -0.553. The Balaban J connectivity index is 0.00000210. The molecule has 2 aromatic carbocycles. The van der Waals surface area contributed by atoms with Crippen LogP contribution in [0.15, 0.2) is 54.6 Å². The zero-order valence-electron chi connectivity index (χ0n) is 15.6. The molecule has 1 saturated carbocycles. The highest BCUT2D eigenvalue weighted by Gasteiger charge is 2.30. The fraction of sp³-hybridized carbons (Fsp3) is 0.409. The highest BCUT2D eigenvalue weighted by Crippen LogP contribution is 2.40. The lowest BCUT2D eigenvalue weighted by atomic mass is 10.1. The summed E-state index contributed by atoms with van der Waals surface area (Å²) < 4.78 is 8.22. The van der Waals surface area contributed by atoms with Crippen molar-refractivity contribution in [3.05, 3.63) is 66.0 Å². The minimum Gasteiger partial charge on any atom is -0.389 e. The molecule has 2 unspecified atom stereocenters. The van der Waals surface area contributed by atoms with Gasteiger partial charge in [0.25, 0.3) is 0 Å². The van der Waals surface area contributed by atoms with Gasteiger partial charge >= 0.3 is 0 Å². The van der Waals surface area contributed by atoms with Gasteiger partial charge in [-0.3, -0.25) is 0 Å². The van der Waals surface area contributed by atoms with Gasteiger partial charge in [0.05, 0.1) is 36.4 Å². The second-order valence-electron chi connectivity index (χ2n) is 7.14. The lowest BCUT2D eigenvalue weighted by Gasteiger charge is -2.20. The van der Waals surface area contributed by atoms with E-state index in [9.17, 15) is 5.11 Å². The van der Waals surface area contributed by atoms with Gasteiger partial charge in [-0.05, 0) is 37.0 Å². The smallest absolute Gasteiger partial charge is 0.113 e. The summed E-state index contributed by atoms with van der Waals surface area (Å²) in [5.74, 6) is 1.66. The third-order valence-corrected chi connectivity index (χ3v) is 5.05. The molecule has 4 nitrogen and oxygen atoms in total. The Hall–Kier alpha value is -1.88. The van der Waals surface area contributed by atoms with Crippen LogP contribution in [0.5, 0.6) is 0 Å². The Morgan fingerprint density at radius 2 is 1.81 bits per heavy atom. The van der Waals surface area contributed by atoms with E-state index in [1.165, 1.54) is 12.8 Å². The molecule has 1 fully saturated rings. The highest BCUT2D eigenvalue weighted by molar-refractivity contribution is 5.85. The van der Waals surface area contributed by atoms with Gasteiger partial charge in [-0.25, -0.2) is 4.98 Å². The van der Waals surface area contributed by atoms with Crippen molar-refractivity contribution in [2.45, 2.75) is 50.9 Å². The molecule has 1 aliphatic carbocycles. The van der Waals surface area contributed by atoms with Gasteiger partial charge in [-0.1, -0.05) is 49.4 Å². The van der Waals surface area contributed by atoms with E-state index in [0.717, 1.165) is 28.8 Å². The summed E-state index contributed by atoms with van der Waals surface area (Å²) in [5.41, 5.74) is 3.27. The third-order valence-electron chi connectivity index (χ3n) is 5.05. The summed E-state index contributed by atoms with van der Waals surface area (Å²) in [4.78, 5) is 4.80. The minimum absolute atomic E-state index is 0. The molecule has 0 saturated heterocycles. The van der Waals surface area contributed by atoms with E-state index >= 15 is 0 Å². The first-order valence-corrected chi connectivity index (χ1v) is 9.56. The number of aromatic nitrogens is 2. The van der Waals surface area contributed by atoms with Crippen molar-refractivity contribution in [1.29, 1.82) is 0 Å². The maximum atomic E-state index is 10.6. The first-order valence-electron chi connectivity index (χ1n) is 9.56. The van der Waals surface area contributed by atoms with Crippen molar-refractivity contribution in [2.75, 3.05) is 6.61 Å². The summed E-state index contributed by atoms with van der Waals surface area (Å²) >= 11 is 0. The van der Waals surface area contributed by atoms with Gasteiger partial charge < -0.3 is 14.4 Å². The number of rotatable bonds is 8. The number of nitrogens with zero attached hydrogens (tertiary/aromatic N) is 2. The molecule has 1 aromatic heterocycles. The Morgan fingerprint density at radius 1 is 1.11 bits per heavy atom. The van der Waals surface area contributed by atoms with Crippen LogP contribution in [0.2, 0.25) is 0 Å². The van der Waals surface area contributed by atoms with E-state index in [1.54, 1.807) is 0 Å². The van der Waals surface area contributed by atoms with E-state index in [2.05, 4.69) is 29.7 Å². The maximum absolute atomic E-state index is 10.6. The first-order chi connectivity index (χ1) is 12.8. The summed E-state index contributed by atoms with van der Waals surface area (Å²) in [6.45, 7) is 2.96. The predicted molar refractivity (Wildman–Crippen MR) is 110 cm³/mol. The molecule has 0 spiro atoms. The summed E-state index contributed by atoms with van der Waals surface area (Å²) in [6, 6.07) is 18.4. The number of benzene rings is 2. The molecule has 0 aliphatic heterocycles. The second-order valence-corrected chi connectivity index (χ2v) is 7.14. The van der Waals surface area contributed by atoms with E-state index < -0.39 is 6.10 Å². The van der Waals surface area contributed by atoms with Crippen LogP contribution in [-0.2, 0) is 11.3 Å². The van der Waals surface area contributed by atoms with Crippen molar-refractivity contribution >= 4 is 23.4 Å². The standard InChI is InChI=1S/C22H26N2O2.ClH/c1-2-21(16-8-4-3-5-9-16)26-15-18(25)14-24-20-11-7-6-10-19(20)23-22(24)17-12-13-17;/h3-11,17-18,21,25H,2,12-15H2,1H3;1H. The Labute approximate surface area is 166 Å². The molecule has 27 heavy (non-hydrogen) atoms. The van der Waals surface area contributed by atoms with Crippen molar-refractivity contribution in [3.63, 3.8) is 0 Å². The van der Waals surface area contributed by atoms with Crippen LogP contribution in [0.25, 0.3) is 11.0 Å². The van der Waals surface area contributed by atoms with Gasteiger partial charge in [-0.2, -0.15) is 0 Å². The molecule has 1 N–H and O–H groups in total. The van der Waals surface area contributed by atoms with Crippen molar-refractivity contribution in [3.8, 4) is 0 Å². The van der Waals surface area contributed by atoms with Crippen LogP contribution in [0.4, 0.5) is 0 Å². The normalized spacial score (nSPS) is 16.1. The Kier molecular flexibility index (Phi) is 6.53. The quantitative estimate of drug-likeness (QED) is 0.601. The summed E-state index contributed by atoms with van der Waals surface area (Å²) in [5, 5.41) is 10.6. The molecule has 3 aromatic rings. The first kappa shape index (κ1) is 19.9. The molecule has 1 heterocycles. The van der Waals surface area contributed by atoms with E-state index in [1.807, 2.05) is 36.4 Å². The predicted octanol–water partition coefficient (Wildman–Crippen LogP) is 4.86. The van der Waals surface area contributed by atoms with Crippen LogP contribution in [0.3, 0.4) is 0 Å². The zero-order chi connectivity index (χ0) is 17.9. The van der Waals surface area contributed by atoms with E-state index in [4.69, 9.17) is 9.72 Å². The lowest BCUT2D eigenvalue weighted by molar-refractivity contribution is -0.0174. The van der Waals surface area contributed by atoms with Crippen molar-refractivity contribution < 1.29 is 9.84 Å². The average Bonchev–Trinajstić information content (AvgIpc) is 3.46. The zero-order valence-corrected chi connectivity index (χ0v) is 16.4. The number of hydrogen-bond donors (Lipinski definition) is 1. The molecular formula is C22H27ClN2O2. The van der Waals surface area contributed by atoms with Crippen LogP contribution >= 0.6 is 12.4 Å². The lowest BCUT2D eigenvalue weighted by Crippen LogP contribution is -2.24. The van der Waals surface area contributed by atoms with Crippen LogP contribution < -0.4 is 0 Å². The monoisotopic (exact) mass is 386 g/mol. The largest absolute Gasteiger partial charge is 0.389 e. The van der Waals surface area contributed by atoms with Gasteiger partial charge in [-0.15, -0.1) is 12.4 Å². The number of halogens is 1. The molecule has 0 amide bonds. The Morgan fingerprint density at radius 3 is 2.52 bits per heavy atom. The topological polar surface area (TPSA) is 47.3 Å². The molecule has 144 valence electrons. The number of ether oxygens (including phenoxy) is 1. The molecule has 1 aliphatic rings. The van der Waals surface area contributed by atoms with E-state index in [-0.39, 0.29) is 18.5 Å². The molecule has 4 rings (SSSR count). The fourth-order valence-corrected chi connectivity index (χ4v) is 3.55. The van der Waals surface area contributed by atoms with Crippen LogP contribution in [0.1, 0.15) is 49.6 Å². The van der Waals surface area contributed by atoms with Crippen molar-refractivity contribution in [2.24, 2.45) is 0 Å².